The number of hydrogen-bond donors (Lipinski definition) is 3. The van der Waals surface area contributed by atoms with Gasteiger partial charge in [-0.15, -0.1) is 0 Å². The van der Waals surface area contributed by atoms with Gasteiger partial charge in [0.2, 0.25) is 0 Å². The fourth-order valence-corrected chi connectivity index (χ4v) is 2.03. The molecule has 0 unspecified atom stereocenters. The van der Waals surface area contributed by atoms with E-state index in [0.29, 0.717) is 25.8 Å². The molecule has 0 radical (unpaired) electrons. The summed E-state index contributed by atoms with van der Waals surface area (Å²) >= 11 is 0. The number of carbonyl (C=O) groups is 2. The molecule has 0 aliphatic rings. The van der Waals surface area contributed by atoms with Crippen molar-refractivity contribution in [2.45, 2.75) is 25.3 Å². The van der Waals surface area contributed by atoms with Crippen molar-refractivity contribution in [2.24, 2.45) is 5.73 Å². The van der Waals surface area contributed by atoms with Gasteiger partial charge >= 0.3 is 16.5 Å². The van der Waals surface area contributed by atoms with Crippen LogP contribution >= 0.6 is 0 Å². The van der Waals surface area contributed by atoms with Crippen LogP contribution in [0.25, 0.3) is 0 Å². The Kier molecular flexibility index (Phi) is 6.91. The van der Waals surface area contributed by atoms with Crippen LogP contribution in [0.4, 0.5) is 3.89 Å². The predicted molar refractivity (Wildman–Crippen MR) is 78.9 cm³/mol. The van der Waals surface area contributed by atoms with Crippen LogP contribution in [-0.4, -0.2) is 38.0 Å². The Bertz CT molecular complexity index is 647. The number of halogens is 1. The molecule has 1 aromatic rings. The topological polar surface area (TPSA) is 136 Å². The molecular formula is C13H17FN2O6S. The number of benzene rings is 1. The molecule has 23 heavy (non-hydrogen) atoms. The number of hydrogen-bond acceptors (Lipinski definition) is 6. The number of nitrogens with one attached hydrogen (secondary N) is 1. The molecule has 10 heteroatoms. The first-order chi connectivity index (χ1) is 10.7. The third-order valence-electron chi connectivity index (χ3n) is 2.86. The maximum atomic E-state index is 12.3. The summed E-state index contributed by atoms with van der Waals surface area (Å²) in [6, 6.07) is 3.97. The summed E-state index contributed by atoms with van der Waals surface area (Å²) in [5.74, 6) is -1.71. The lowest BCUT2D eigenvalue weighted by atomic mass is 10.1. The number of carboxylic acids is 1. The first-order valence-electron chi connectivity index (χ1n) is 6.70. The quantitative estimate of drug-likeness (QED) is 0.439. The van der Waals surface area contributed by atoms with Gasteiger partial charge in [0.25, 0.3) is 5.91 Å². The first kappa shape index (κ1) is 18.8. The molecule has 0 saturated carbocycles. The lowest BCUT2D eigenvalue weighted by Gasteiger charge is -2.07. The van der Waals surface area contributed by atoms with Gasteiger partial charge in [-0.2, -0.15) is 8.42 Å². The third kappa shape index (κ3) is 7.56. The number of unbranched alkanes of at least 4 members (excludes halogenated alkanes) is 1. The van der Waals surface area contributed by atoms with Crippen molar-refractivity contribution in [3.63, 3.8) is 0 Å². The minimum atomic E-state index is -5.10. The van der Waals surface area contributed by atoms with Crippen LogP contribution in [0.2, 0.25) is 0 Å². The molecule has 0 aliphatic carbocycles. The Morgan fingerprint density at radius 2 is 1.87 bits per heavy atom. The third-order valence-corrected chi connectivity index (χ3v) is 3.25. The number of carboxylic acid groups (broad SMARTS) is 1. The van der Waals surface area contributed by atoms with Crippen molar-refractivity contribution in [1.82, 2.24) is 5.32 Å². The molecule has 4 N–H and O–H groups in total. The number of rotatable bonds is 9. The Morgan fingerprint density at radius 3 is 2.39 bits per heavy atom. The van der Waals surface area contributed by atoms with E-state index < -0.39 is 28.4 Å². The zero-order valence-corrected chi connectivity index (χ0v) is 12.9. The van der Waals surface area contributed by atoms with Crippen LogP contribution in [0.1, 0.15) is 29.6 Å². The van der Waals surface area contributed by atoms with Gasteiger partial charge in [-0.05, 0) is 43.5 Å². The summed E-state index contributed by atoms with van der Waals surface area (Å²) < 4.78 is 36.9. The molecule has 0 spiro atoms. The standard InChI is InChI=1S/C13H17FN2O6S/c14-23(20,21)22-10-6-4-9(5-7-10)12(17)16-8-2-1-3-11(15)13(18)19/h4-7,11H,1-3,8,15H2,(H,16,17)(H,18,19)/t11-/m0/s1. The predicted octanol–water partition coefficient (Wildman–Crippen LogP) is 0.592. The number of aliphatic carboxylic acids is 1. The Morgan fingerprint density at radius 1 is 1.26 bits per heavy atom. The minimum absolute atomic E-state index is 0.244. The summed E-state index contributed by atoms with van der Waals surface area (Å²) in [6.45, 7) is 0.336. The summed E-state index contributed by atoms with van der Waals surface area (Å²) in [5.41, 5.74) is 5.59. The van der Waals surface area contributed by atoms with Crippen molar-refractivity contribution in [3.8, 4) is 5.75 Å². The van der Waals surface area contributed by atoms with E-state index in [2.05, 4.69) is 9.50 Å². The highest BCUT2D eigenvalue weighted by atomic mass is 32.3. The average Bonchev–Trinajstić information content (AvgIpc) is 2.45. The first-order valence-corrected chi connectivity index (χ1v) is 8.00. The molecule has 0 saturated heterocycles. The second-order valence-electron chi connectivity index (χ2n) is 4.70. The van der Waals surface area contributed by atoms with E-state index >= 15 is 0 Å². The average molecular weight is 348 g/mol. The van der Waals surface area contributed by atoms with Gasteiger partial charge in [0.15, 0.2) is 0 Å². The largest absolute Gasteiger partial charge is 0.488 e. The molecule has 8 nitrogen and oxygen atoms in total. The van der Waals surface area contributed by atoms with Gasteiger partial charge in [0, 0.05) is 12.1 Å². The monoisotopic (exact) mass is 348 g/mol. The highest BCUT2D eigenvalue weighted by Gasteiger charge is 2.12. The maximum absolute atomic E-state index is 12.3. The van der Waals surface area contributed by atoms with Crippen LogP contribution in [-0.2, 0) is 15.3 Å². The van der Waals surface area contributed by atoms with Crippen molar-refractivity contribution in [3.05, 3.63) is 29.8 Å². The molecular weight excluding hydrogens is 331 g/mol. The Hall–Kier alpha value is -2.20. The van der Waals surface area contributed by atoms with Gasteiger partial charge in [0.1, 0.15) is 11.8 Å². The van der Waals surface area contributed by atoms with E-state index in [1.807, 2.05) is 0 Å². The van der Waals surface area contributed by atoms with Crippen LogP contribution in [0.15, 0.2) is 24.3 Å². The van der Waals surface area contributed by atoms with Crippen molar-refractivity contribution in [1.29, 1.82) is 0 Å². The number of amides is 1. The van der Waals surface area contributed by atoms with E-state index in [0.717, 1.165) is 12.1 Å². The highest BCUT2D eigenvalue weighted by molar-refractivity contribution is 7.81. The summed E-state index contributed by atoms with van der Waals surface area (Å²) in [5, 5.41) is 11.2. The van der Waals surface area contributed by atoms with E-state index in [1.165, 1.54) is 12.1 Å². The van der Waals surface area contributed by atoms with Crippen LogP contribution in [0.5, 0.6) is 5.75 Å². The zero-order chi connectivity index (χ0) is 17.5. The highest BCUT2D eigenvalue weighted by Crippen LogP contribution is 2.15. The number of nitrogens with two attached hydrogens (primary N) is 1. The van der Waals surface area contributed by atoms with E-state index in [4.69, 9.17) is 10.8 Å². The normalized spacial score (nSPS) is 12.4. The van der Waals surface area contributed by atoms with E-state index in [9.17, 15) is 21.9 Å². The second-order valence-corrected chi connectivity index (χ2v) is 5.65. The zero-order valence-electron chi connectivity index (χ0n) is 12.1. The lowest BCUT2D eigenvalue weighted by Crippen LogP contribution is -2.30. The molecule has 0 fully saturated rings. The van der Waals surface area contributed by atoms with Gasteiger partial charge in [-0.25, -0.2) is 0 Å². The fraction of sp³-hybridized carbons (Fsp3) is 0.385. The molecule has 1 rings (SSSR count). The van der Waals surface area contributed by atoms with Crippen molar-refractivity contribution < 1.29 is 31.2 Å². The van der Waals surface area contributed by atoms with Gasteiger partial charge in [-0.1, -0.05) is 3.89 Å². The smallest absolute Gasteiger partial charge is 0.480 e. The lowest BCUT2D eigenvalue weighted by molar-refractivity contribution is -0.138. The summed E-state index contributed by atoms with van der Waals surface area (Å²) in [6.07, 6.45) is 1.43. The van der Waals surface area contributed by atoms with Gasteiger partial charge < -0.3 is 20.3 Å². The summed E-state index contributed by atoms with van der Waals surface area (Å²) in [7, 11) is -5.10. The van der Waals surface area contributed by atoms with E-state index in [-0.39, 0.29) is 11.3 Å². The fourth-order valence-electron chi connectivity index (χ4n) is 1.69. The Balaban J connectivity index is 2.36. The number of carbonyl (C=O) groups excluding carboxylic acids is 1. The van der Waals surface area contributed by atoms with E-state index in [1.54, 1.807) is 0 Å². The SMILES string of the molecule is N[C@@H](CCCCNC(=O)c1ccc(OS(=O)(=O)F)cc1)C(=O)O. The maximum Gasteiger partial charge on any atom is 0.488 e. The molecule has 0 aliphatic heterocycles. The van der Waals surface area contributed by atoms with Crippen LogP contribution < -0.4 is 15.2 Å². The Labute approximate surface area is 132 Å². The van der Waals surface area contributed by atoms with Gasteiger partial charge in [-0.3, -0.25) is 9.59 Å². The van der Waals surface area contributed by atoms with Crippen LogP contribution in [0.3, 0.4) is 0 Å². The molecule has 1 amide bonds. The molecule has 0 aromatic heterocycles. The minimum Gasteiger partial charge on any atom is -0.480 e. The van der Waals surface area contributed by atoms with Crippen molar-refractivity contribution >= 4 is 22.4 Å². The molecule has 0 heterocycles. The van der Waals surface area contributed by atoms with Crippen LogP contribution in [0, 0.1) is 0 Å². The second kappa shape index (κ2) is 8.44. The van der Waals surface area contributed by atoms with Crippen molar-refractivity contribution in [2.75, 3.05) is 6.54 Å². The molecule has 1 aromatic carbocycles. The molecule has 0 bridgehead atoms. The summed E-state index contributed by atoms with van der Waals surface area (Å²) in [4.78, 5) is 22.3. The van der Waals surface area contributed by atoms with Gasteiger partial charge in [0.05, 0.1) is 0 Å². The molecule has 1 atom stereocenters. The molecule has 128 valence electrons.